The Labute approximate surface area is 107 Å². The molecule has 1 aliphatic heterocycles. The molecule has 5 rings (SSSR count). The summed E-state index contributed by atoms with van der Waals surface area (Å²) in [7, 11) is 0. The van der Waals surface area contributed by atoms with Crippen LogP contribution in [0.25, 0.3) is 0 Å². The van der Waals surface area contributed by atoms with E-state index >= 15 is 0 Å². The highest BCUT2D eigenvalue weighted by molar-refractivity contribution is 5.62. The molecule has 0 aromatic heterocycles. The summed E-state index contributed by atoms with van der Waals surface area (Å²) < 4.78 is 6.25. The zero-order valence-electron chi connectivity index (χ0n) is 10.4. The van der Waals surface area contributed by atoms with Crippen molar-refractivity contribution in [2.24, 2.45) is 5.92 Å². The van der Waals surface area contributed by atoms with Gasteiger partial charge in [-0.25, -0.2) is 0 Å². The predicted molar refractivity (Wildman–Crippen MR) is 70.8 cm³/mol. The molecule has 2 bridgehead atoms. The summed E-state index contributed by atoms with van der Waals surface area (Å²) in [6, 6.07) is 6.64. The van der Waals surface area contributed by atoms with Gasteiger partial charge in [0.2, 0.25) is 0 Å². The molecule has 0 N–H and O–H groups in total. The summed E-state index contributed by atoms with van der Waals surface area (Å²) in [5, 5.41) is 0. The Balaban J connectivity index is 1.91. The predicted octanol–water partition coefficient (Wildman–Crippen LogP) is 3.54. The zero-order valence-corrected chi connectivity index (χ0v) is 10.4. The molecule has 1 unspecified atom stereocenters. The summed E-state index contributed by atoms with van der Waals surface area (Å²) in [5.74, 6) is 1.91. The molecule has 1 heterocycles. The van der Waals surface area contributed by atoms with Gasteiger partial charge < -0.3 is 4.74 Å². The van der Waals surface area contributed by atoms with Gasteiger partial charge in [-0.05, 0) is 42.9 Å². The Morgan fingerprint density at radius 3 is 3.28 bits per heavy atom. The van der Waals surface area contributed by atoms with E-state index in [9.17, 15) is 0 Å². The fourth-order valence-corrected chi connectivity index (χ4v) is 4.82. The lowest BCUT2D eigenvalue weighted by Gasteiger charge is -2.48. The fraction of sp³-hybridized carbons (Fsp3) is 0.412. The topological polar surface area (TPSA) is 9.23 Å². The van der Waals surface area contributed by atoms with Gasteiger partial charge in [-0.1, -0.05) is 36.3 Å². The van der Waals surface area contributed by atoms with Crippen molar-refractivity contribution in [1.82, 2.24) is 0 Å². The second-order valence-electron chi connectivity index (χ2n) is 6.10. The normalized spacial score (nSPS) is 37.9. The molecule has 0 amide bonds. The first-order valence-electron chi connectivity index (χ1n) is 7.07. The van der Waals surface area contributed by atoms with Gasteiger partial charge in [-0.3, -0.25) is 0 Å². The molecule has 0 radical (unpaired) electrons. The van der Waals surface area contributed by atoms with Gasteiger partial charge in [0.25, 0.3) is 0 Å². The van der Waals surface area contributed by atoms with Crippen LogP contribution in [-0.2, 0) is 11.8 Å². The van der Waals surface area contributed by atoms with Crippen LogP contribution >= 0.6 is 0 Å². The highest BCUT2D eigenvalue weighted by Gasteiger charge is 2.57. The van der Waals surface area contributed by atoms with Crippen molar-refractivity contribution in [3.8, 4) is 5.75 Å². The van der Waals surface area contributed by atoms with Gasteiger partial charge in [0.1, 0.15) is 11.9 Å². The lowest BCUT2D eigenvalue weighted by Crippen LogP contribution is -2.48. The van der Waals surface area contributed by atoms with Gasteiger partial charge in [0, 0.05) is 5.56 Å². The fourth-order valence-electron chi connectivity index (χ4n) is 4.82. The van der Waals surface area contributed by atoms with Gasteiger partial charge in [-0.2, -0.15) is 0 Å². The third-order valence-electron chi connectivity index (χ3n) is 5.40. The largest absolute Gasteiger partial charge is 0.485 e. The van der Waals surface area contributed by atoms with E-state index in [1.54, 1.807) is 11.1 Å². The van der Waals surface area contributed by atoms with Gasteiger partial charge in [0.15, 0.2) is 0 Å². The first-order valence-corrected chi connectivity index (χ1v) is 7.07. The summed E-state index contributed by atoms with van der Waals surface area (Å²) in [6.07, 6.45) is 12.3. The van der Waals surface area contributed by atoms with Crippen molar-refractivity contribution in [3.63, 3.8) is 0 Å². The first-order chi connectivity index (χ1) is 8.89. The lowest BCUT2D eigenvalue weighted by atomic mass is 9.54. The van der Waals surface area contributed by atoms with E-state index in [0.717, 1.165) is 11.7 Å². The summed E-state index contributed by atoms with van der Waals surface area (Å²) >= 11 is 0. The SMILES string of the molecule is C1=C[C@@H]2Oc3cccc4c3C23CCC[C@H](C4)C3=C1. The van der Waals surface area contributed by atoms with Crippen LogP contribution in [0.3, 0.4) is 0 Å². The second kappa shape index (κ2) is 2.90. The van der Waals surface area contributed by atoms with Crippen molar-refractivity contribution >= 4 is 0 Å². The third-order valence-corrected chi connectivity index (χ3v) is 5.40. The van der Waals surface area contributed by atoms with Crippen LogP contribution in [0.15, 0.2) is 42.0 Å². The number of rotatable bonds is 0. The number of benzene rings is 1. The second-order valence-corrected chi connectivity index (χ2v) is 6.10. The summed E-state index contributed by atoms with van der Waals surface area (Å²) in [5.41, 5.74) is 4.95. The Bertz CT molecular complexity index is 610. The van der Waals surface area contributed by atoms with Crippen LogP contribution in [0.5, 0.6) is 5.75 Å². The van der Waals surface area contributed by atoms with E-state index in [1.807, 2.05) is 0 Å². The molecular formula is C17H16O. The van der Waals surface area contributed by atoms with Crippen LogP contribution < -0.4 is 4.74 Å². The van der Waals surface area contributed by atoms with E-state index in [0.29, 0.717) is 0 Å². The molecule has 1 aromatic carbocycles. The van der Waals surface area contributed by atoms with E-state index in [1.165, 1.54) is 31.2 Å². The van der Waals surface area contributed by atoms with Crippen molar-refractivity contribution in [2.75, 3.05) is 0 Å². The van der Waals surface area contributed by atoms with Gasteiger partial charge in [-0.15, -0.1) is 0 Å². The monoisotopic (exact) mass is 236 g/mol. The Morgan fingerprint density at radius 1 is 1.28 bits per heavy atom. The number of hydrogen-bond donors (Lipinski definition) is 0. The van der Waals surface area contributed by atoms with Crippen molar-refractivity contribution in [3.05, 3.63) is 53.1 Å². The molecule has 1 nitrogen and oxygen atoms in total. The Morgan fingerprint density at radius 2 is 2.28 bits per heavy atom. The molecule has 3 aliphatic carbocycles. The Hall–Kier alpha value is -1.50. The van der Waals surface area contributed by atoms with Crippen LogP contribution in [0, 0.1) is 5.92 Å². The van der Waals surface area contributed by atoms with E-state index in [-0.39, 0.29) is 11.5 Å². The maximum Gasteiger partial charge on any atom is 0.131 e. The average molecular weight is 236 g/mol. The molecule has 1 spiro atoms. The molecule has 0 saturated heterocycles. The Kier molecular flexibility index (Phi) is 1.52. The van der Waals surface area contributed by atoms with Crippen molar-refractivity contribution in [2.45, 2.75) is 37.2 Å². The van der Waals surface area contributed by atoms with Crippen LogP contribution in [0.2, 0.25) is 0 Å². The minimum absolute atomic E-state index is 0.210. The van der Waals surface area contributed by atoms with Crippen LogP contribution in [0.1, 0.15) is 30.4 Å². The van der Waals surface area contributed by atoms with Gasteiger partial charge >= 0.3 is 0 Å². The average Bonchev–Trinajstić information content (AvgIpc) is 2.70. The molecular weight excluding hydrogens is 220 g/mol. The van der Waals surface area contributed by atoms with E-state index < -0.39 is 0 Å². The highest BCUT2D eigenvalue weighted by Crippen LogP contribution is 2.61. The number of hydrogen-bond acceptors (Lipinski definition) is 1. The summed E-state index contributed by atoms with van der Waals surface area (Å²) in [4.78, 5) is 0. The van der Waals surface area contributed by atoms with Crippen LogP contribution in [-0.4, -0.2) is 6.10 Å². The molecule has 18 heavy (non-hydrogen) atoms. The standard InChI is InChI=1S/C17H16O/c1-4-12-10-11-5-3-9-17-13(11)6-2-8-15(17)18-14(7-1)16(12)17/h1-2,4,6-8,11,15H,3,5,9-10H2/t11-,15+,17?/m1/s1. The number of allylic oxidation sites excluding steroid dienone is 2. The van der Waals surface area contributed by atoms with E-state index in [4.69, 9.17) is 4.74 Å². The van der Waals surface area contributed by atoms with Gasteiger partial charge in [0.05, 0.1) is 5.41 Å². The maximum absolute atomic E-state index is 6.25. The lowest BCUT2D eigenvalue weighted by molar-refractivity contribution is 0.167. The summed E-state index contributed by atoms with van der Waals surface area (Å²) in [6.45, 7) is 0. The molecule has 1 fully saturated rings. The highest BCUT2D eigenvalue weighted by atomic mass is 16.5. The third kappa shape index (κ3) is 0.858. The molecule has 3 atom stereocenters. The van der Waals surface area contributed by atoms with Crippen molar-refractivity contribution in [1.29, 1.82) is 0 Å². The van der Waals surface area contributed by atoms with Crippen molar-refractivity contribution < 1.29 is 4.74 Å². The van der Waals surface area contributed by atoms with E-state index in [2.05, 4.69) is 36.4 Å². The maximum atomic E-state index is 6.25. The minimum Gasteiger partial charge on any atom is -0.485 e. The molecule has 1 aromatic rings. The smallest absolute Gasteiger partial charge is 0.131 e. The number of ether oxygens (including phenoxy) is 1. The quantitative estimate of drug-likeness (QED) is 0.669. The molecule has 4 aliphatic rings. The molecule has 1 heteroatoms. The molecule has 90 valence electrons. The molecule has 1 saturated carbocycles. The van der Waals surface area contributed by atoms with Crippen LogP contribution in [0.4, 0.5) is 0 Å². The first kappa shape index (κ1) is 9.43. The minimum atomic E-state index is 0.210. The zero-order chi connectivity index (χ0) is 11.7.